The van der Waals surface area contributed by atoms with Gasteiger partial charge in [-0.25, -0.2) is 9.37 Å². The van der Waals surface area contributed by atoms with Crippen molar-refractivity contribution >= 4 is 23.2 Å². The second-order valence-electron chi connectivity index (χ2n) is 4.04. The zero-order valence-electron chi connectivity index (χ0n) is 10.8. The molecule has 0 fully saturated rings. The molecule has 0 radical (unpaired) electrons. The number of halogens is 3. The number of hydrogen-bond donors (Lipinski definition) is 1. The summed E-state index contributed by atoms with van der Waals surface area (Å²) in [5, 5.41) is 3.74. The van der Waals surface area contributed by atoms with Gasteiger partial charge in [0.2, 0.25) is 5.88 Å². The Kier molecular flexibility index (Phi) is 5.17. The molecule has 1 N–H and O–H groups in total. The van der Waals surface area contributed by atoms with Gasteiger partial charge in [-0.1, -0.05) is 30.1 Å². The van der Waals surface area contributed by atoms with Crippen LogP contribution in [0.3, 0.4) is 0 Å². The van der Waals surface area contributed by atoms with E-state index in [4.69, 9.17) is 27.9 Å². The van der Waals surface area contributed by atoms with E-state index in [1.165, 1.54) is 12.1 Å². The number of ether oxygens (including phenoxy) is 1. The molecule has 0 aliphatic carbocycles. The lowest BCUT2D eigenvalue weighted by atomic mass is 10.3. The normalized spacial score (nSPS) is 10.6. The average molecular weight is 315 g/mol. The molecule has 0 spiro atoms. The van der Waals surface area contributed by atoms with Crippen molar-refractivity contribution in [2.45, 2.75) is 13.5 Å². The number of hydrogen-bond acceptors (Lipinski definition) is 3. The van der Waals surface area contributed by atoms with E-state index in [0.29, 0.717) is 28.9 Å². The first-order chi connectivity index (χ1) is 9.60. The lowest BCUT2D eigenvalue weighted by molar-refractivity contribution is 0.455. The first-order valence-electron chi connectivity index (χ1n) is 6.09. The summed E-state index contributed by atoms with van der Waals surface area (Å²) >= 11 is 11.7. The van der Waals surface area contributed by atoms with Gasteiger partial charge in [0, 0.05) is 18.7 Å². The van der Waals surface area contributed by atoms with Crippen LogP contribution in [0.5, 0.6) is 11.6 Å². The van der Waals surface area contributed by atoms with E-state index in [2.05, 4.69) is 10.3 Å². The van der Waals surface area contributed by atoms with Crippen LogP contribution >= 0.6 is 23.2 Å². The number of benzene rings is 1. The molecule has 0 atom stereocenters. The lowest BCUT2D eigenvalue weighted by Crippen LogP contribution is -2.13. The first kappa shape index (κ1) is 15.0. The molecule has 0 unspecified atom stereocenters. The van der Waals surface area contributed by atoms with Crippen molar-refractivity contribution in [2.75, 3.05) is 6.54 Å². The third kappa shape index (κ3) is 3.82. The van der Waals surface area contributed by atoms with Crippen molar-refractivity contribution in [1.29, 1.82) is 0 Å². The quantitative estimate of drug-likeness (QED) is 0.886. The number of aromatic nitrogens is 1. The molecule has 6 heteroatoms. The lowest BCUT2D eigenvalue weighted by Gasteiger charge is -2.09. The molecule has 1 aromatic carbocycles. The maximum atomic E-state index is 13.3. The second kappa shape index (κ2) is 6.88. The minimum absolute atomic E-state index is 0.0502. The van der Waals surface area contributed by atoms with Crippen LogP contribution in [-0.4, -0.2) is 11.5 Å². The van der Waals surface area contributed by atoms with Crippen molar-refractivity contribution in [2.24, 2.45) is 0 Å². The molecule has 0 amide bonds. The molecule has 0 saturated heterocycles. The largest absolute Gasteiger partial charge is 0.439 e. The molecule has 2 aromatic rings. The van der Waals surface area contributed by atoms with E-state index in [1.54, 1.807) is 18.2 Å². The number of nitrogens with zero attached hydrogens (tertiary/aromatic N) is 1. The Morgan fingerprint density at radius 2 is 1.95 bits per heavy atom. The van der Waals surface area contributed by atoms with E-state index in [0.717, 1.165) is 6.54 Å². The van der Waals surface area contributed by atoms with Gasteiger partial charge in [0.25, 0.3) is 0 Å². The highest BCUT2D eigenvalue weighted by atomic mass is 35.5. The van der Waals surface area contributed by atoms with Crippen LogP contribution in [-0.2, 0) is 6.54 Å². The Hall–Kier alpha value is -1.36. The first-order valence-corrected chi connectivity index (χ1v) is 6.84. The van der Waals surface area contributed by atoms with Crippen LogP contribution in [0.25, 0.3) is 0 Å². The van der Waals surface area contributed by atoms with Gasteiger partial charge in [-0.05, 0) is 24.7 Å². The smallest absolute Gasteiger partial charge is 0.219 e. The van der Waals surface area contributed by atoms with Crippen LogP contribution in [0.1, 0.15) is 12.6 Å². The fraction of sp³-hybridized carbons (Fsp3) is 0.214. The fourth-order valence-electron chi connectivity index (χ4n) is 1.55. The predicted molar refractivity (Wildman–Crippen MR) is 78.1 cm³/mol. The van der Waals surface area contributed by atoms with Crippen LogP contribution in [0, 0.1) is 5.82 Å². The molecular formula is C14H13Cl2FN2O. The van der Waals surface area contributed by atoms with Crippen LogP contribution in [0.2, 0.25) is 10.0 Å². The monoisotopic (exact) mass is 314 g/mol. The SMILES string of the molecule is CCNCc1nc(Oc2ccc(Cl)c(F)c2)ccc1Cl. The topological polar surface area (TPSA) is 34.2 Å². The molecule has 1 aromatic heterocycles. The molecule has 106 valence electrons. The molecule has 3 nitrogen and oxygen atoms in total. The van der Waals surface area contributed by atoms with E-state index >= 15 is 0 Å². The average Bonchev–Trinajstić information content (AvgIpc) is 2.43. The van der Waals surface area contributed by atoms with Crippen molar-refractivity contribution in [3.8, 4) is 11.6 Å². The molecule has 2 rings (SSSR count). The Morgan fingerprint density at radius 3 is 2.65 bits per heavy atom. The Balaban J connectivity index is 2.18. The van der Waals surface area contributed by atoms with Gasteiger partial charge in [0.05, 0.1) is 15.7 Å². The highest BCUT2D eigenvalue weighted by molar-refractivity contribution is 6.31. The standard InChI is InChI=1S/C14H13Cl2FN2O/c1-2-18-8-13-11(16)5-6-14(19-13)20-9-3-4-10(15)12(17)7-9/h3-7,18H,2,8H2,1H3. The zero-order chi connectivity index (χ0) is 14.5. The van der Waals surface area contributed by atoms with Gasteiger partial charge in [-0.2, -0.15) is 0 Å². The van der Waals surface area contributed by atoms with Crippen molar-refractivity contribution < 1.29 is 9.13 Å². The summed E-state index contributed by atoms with van der Waals surface area (Å²) in [5.41, 5.74) is 0.681. The van der Waals surface area contributed by atoms with E-state index < -0.39 is 5.82 Å². The molecule has 1 heterocycles. The Morgan fingerprint density at radius 1 is 1.20 bits per heavy atom. The minimum atomic E-state index is -0.536. The fourth-order valence-corrected chi connectivity index (χ4v) is 1.84. The highest BCUT2D eigenvalue weighted by Gasteiger charge is 2.07. The summed E-state index contributed by atoms with van der Waals surface area (Å²) in [6.45, 7) is 3.34. The van der Waals surface area contributed by atoms with Crippen molar-refractivity contribution in [1.82, 2.24) is 10.3 Å². The molecule has 0 aliphatic heterocycles. The number of rotatable bonds is 5. The van der Waals surface area contributed by atoms with Gasteiger partial charge in [-0.15, -0.1) is 0 Å². The second-order valence-corrected chi connectivity index (χ2v) is 4.85. The van der Waals surface area contributed by atoms with Gasteiger partial charge in [0.1, 0.15) is 11.6 Å². The van der Waals surface area contributed by atoms with Crippen molar-refractivity contribution in [3.05, 3.63) is 51.9 Å². The van der Waals surface area contributed by atoms with Gasteiger partial charge in [0.15, 0.2) is 0 Å². The summed E-state index contributed by atoms with van der Waals surface area (Å²) < 4.78 is 18.8. The van der Waals surface area contributed by atoms with E-state index in [1.807, 2.05) is 6.92 Å². The summed E-state index contributed by atoms with van der Waals surface area (Å²) in [6, 6.07) is 7.54. The van der Waals surface area contributed by atoms with Crippen LogP contribution in [0.4, 0.5) is 4.39 Å². The third-order valence-electron chi connectivity index (χ3n) is 2.55. The summed E-state index contributed by atoms with van der Waals surface area (Å²) in [6.07, 6.45) is 0. The number of pyridine rings is 1. The third-order valence-corrected chi connectivity index (χ3v) is 3.20. The minimum Gasteiger partial charge on any atom is -0.439 e. The maximum absolute atomic E-state index is 13.3. The van der Waals surface area contributed by atoms with E-state index in [9.17, 15) is 4.39 Å². The van der Waals surface area contributed by atoms with Crippen LogP contribution < -0.4 is 10.1 Å². The summed E-state index contributed by atoms with van der Waals surface area (Å²) in [4.78, 5) is 4.29. The molecule has 0 bridgehead atoms. The molecule has 20 heavy (non-hydrogen) atoms. The maximum Gasteiger partial charge on any atom is 0.219 e. The number of nitrogens with one attached hydrogen (secondary N) is 1. The van der Waals surface area contributed by atoms with Crippen molar-refractivity contribution in [3.63, 3.8) is 0 Å². The predicted octanol–water partition coefficient (Wildman–Crippen LogP) is 4.43. The van der Waals surface area contributed by atoms with E-state index in [-0.39, 0.29) is 5.02 Å². The summed E-state index contributed by atoms with van der Waals surface area (Å²) in [5.74, 6) is 0.145. The Labute approximate surface area is 126 Å². The molecule has 0 saturated carbocycles. The highest BCUT2D eigenvalue weighted by Crippen LogP contribution is 2.26. The van der Waals surface area contributed by atoms with Gasteiger partial charge < -0.3 is 10.1 Å². The molecule has 0 aliphatic rings. The van der Waals surface area contributed by atoms with Gasteiger partial charge in [-0.3, -0.25) is 0 Å². The van der Waals surface area contributed by atoms with Crippen LogP contribution in [0.15, 0.2) is 30.3 Å². The van der Waals surface area contributed by atoms with Gasteiger partial charge >= 0.3 is 0 Å². The zero-order valence-corrected chi connectivity index (χ0v) is 12.3. The molecular weight excluding hydrogens is 302 g/mol. The Bertz CT molecular complexity index is 608. The summed E-state index contributed by atoms with van der Waals surface area (Å²) in [7, 11) is 0.